The fourth-order valence-electron chi connectivity index (χ4n) is 2.24. The summed E-state index contributed by atoms with van der Waals surface area (Å²) in [6.07, 6.45) is 1.18. The Morgan fingerprint density at radius 1 is 0.909 bits per heavy atom. The topological polar surface area (TPSA) is 66.4 Å². The van der Waals surface area contributed by atoms with Gasteiger partial charge in [0.2, 0.25) is 5.91 Å². The van der Waals surface area contributed by atoms with E-state index in [4.69, 9.17) is 0 Å². The van der Waals surface area contributed by atoms with Gasteiger partial charge < -0.3 is 10.4 Å². The van der Waals surface area contributed by atoms with E-state index >= 15 is 0 Å². The Labute approximate surface area is 129 Å². The average Bonchev–Trinajstić information content (AvgIpc) is 2.53. The third-order valence-corrected chi connectivity index (χ3v) is 3.41. The maximum Gasteiger partial charge on any atom is 0.326 e. The fraction of sp³-hybridized carbons (Fsp3) is 0.222. The van der Waals surface area contributed by atoms with Gasteiger partial charge in [-0.3, -0.25) is 4.79 Å². The maximum absolute atomic E-state index is 12.0. The van der Waals surface area contributed by atoms with Crippen LogP contribution < -0.4 is 5.32 Å². The molecule has 2 aromatic rings. The fourth-order valence-corrected chi connectivity index (χ4v) is 2.24. The first-order valence-electron chi connectivity index (χ1n) is 7.25. The van der Waals surface area contributed by atoms with E-state index in [0.29, 0.717) is 12.8 Å². The van der Waals surface area contributed by atoms with E-state index in [1.807, 2.05) is 60.7 Å². The summed E-state index contributed by atoms with van der Waals surface area (Å²) in [5, 5.41) is 11.8. The highest BCUT2D eigenvalue weighted by atomic mass is 16.4. The van der Waals surface area contributed by atoms with Crippen molar-refractivity contribution in [3.63, 3.8) is 0 Å². The number of carbonyl (C=O) groups excluding carboxylic acids is 1. The molecular weight excluding hydrogens is 278 g/mol. The van der Waals surface area contributed by atoms with Gasteiger partial charge in [-0.1, -0.05) is 60.7 Å². The minimum Gasteiger partial charge on any atom is -0.480 e. The Balaban J connectivity index is 1.88. The molecule has 2 rings (SSSR count). The number of amides is 1. The van der Waals surface area contributed by atoms with Crippen molar-refractivity contribution in [1.82, 2.24) is 5.32 Å². The molecular formula is C18H19NO3. The van der Waals surface area contributed by atoms with Gasteiger partial charge in [0.1, 0.15) is 6.04 Å². The van der Waals surface area contributed by atoms with Crippen LogP contribution >= 0.6 is 0 Å². The summed E-state index contributed by atoms with van der Waals surface area (Å²) in [6, 6.07) is 18.1. The summed E-state index contributed by atoms with van der Waals surface area (Å²) in [6.45, 7) is 0. The number of hydrogen-bond donors (Lipinski definition) is 2. The summed E-state index contributed by atoms with van der Waals surface area (Å²) in [7, 11) is 0. The molecule has 0 fully saturated rings. The lowest BCUT2D eigenvalue weighted by atomic mass is 10.0. The monoisotopic (exact) mass is 297 g/mol. The predicted molar refractivity (Wildman–Crippen MR) is 84.5 cm³/mol. The Morgan fingerprint density at radius 3 is 2.00 bits per heavy atom. The first-order valence-corrected chi connectivity index (χ1v) is 7.25. The minimum atomic E-state index is -1.00. The number of carbonyl (C=O) groups is 2. The second-order valence-corrected chi connectivity index (χ2v) is 5.14. The predicted octanol–water partition coefficient (Wildman–Crippen LogP) is 2.43. The van der Waals surface area contributed by atoms with Crippen molar-refractivity contribution < 1.29 is 14.7 Å². The second kappa shape index (κ2) is 7.98. The van der Waals surface area contributed by atoms with Crippen LogP contribution in [0.25, 0.3) is 0 Å². The van der Waals surface area contributed by atoms with Crippen LogP contribution in [0.4, 0.5) is 0 Å². The number of nitrogens with one attached hydrogen (secondary N) is 1. The highest BCUT2D eigenvalue weighted by molar-refractivity contribution is 5.84. The smallest absolute Gasteiger partial charge is 0.326 e. The lowest BCUT2D eigenvalue weighted by molar-refractivity contribution is -0.141. The first kappa shape index (κ1) is 15.8. The van der Waals surface area contributed by atoms with Crippen molar-refractivity contribution in [2.45, 2.75) is 25.3 Å². The number of carboxylic acids is 1. The number of hydrogen-bond acceptors (Lipinski definition) is 2. The highest BCUT2D eigenvalue weighted by Gasteiger charge is 2.19. The summed E-state index contributed by atoms with van der Waals surface area (Å²) >= 11 is 0. The third kappa shape index (κ3) is 5.05. The normalized spacial score (nSPS) is 11.6. The van der Waals surface area contributed by atoms with Crippen LogP contribution in [0.15, 0.2) is 60.7 Å². The summed E-state index contributed by atoms with van der Waals surface area (Å²) in [5.41, 5.74) is 1.93. The van der Waals surface area contributed by atoms with Crippen LogP contribution in [0.1, 0.15) is 17.5 Å². The average molecular weight is 297 g/mol. The molecule has 1 atom stereocenters. The molecule has 22 heavy (non-hydrogen) atoms. The standard InChI is InChI=1S/C18H19NO3/c20-17(13-15-9-5-2-6-10-15)19-16(18(21)22)12-11-14-7-3-1-4-8-14/h1-10,16H,11-13H2,(H,19,20)(H,21,22)/t16-/m0/s1. The molecule has 0 saturated heterocycles. The zero-order valence-electron chi connectivity index (χ0n) is 12.2. The zero-order valence-corrected chi connectivity index (χ0v) is 12.2. The number of carboxylic acid groups (broad SMARTS) is 1. The molecule has 0 radical (unpaired) electrons. The summed E-state index contributed by atoms with van der Waals surface area (Å²) < 4.78 is 0. The van der Waals surface area contributed by atoms with E-state index in [2.05, 4.69) is 5.32 Å². The van der Waals surface area contributed by atoms with Crippen molar-refractivity contribution in [2.24, 2.45) is 0 Å². The van der Waals surface area contributed by atoms with Crippen molar-refractivity contribution in [3.8, 4) is 0 Å². The molecule has 0 aliphatic heterocycles. The van der Waals surface area contributed by atoms with Gasteiger partial charge in [0.15, 0.2) is 0 Å². The molecule has 0 spiro atoms. The van der Waals surface area contributed by atoms with Gasteiger partial charge >= 0.3 is 5.97 Å². The van der Waals surface area contributed by atoms with Crippen molar-refractivity contribution in [3.05, 3.63) is 71.8 Å². The first-order chi connectivity index (χ1) is 10.6. The van der Waals surface area contributed by atoms with Gasteiger partial charge in [-0.2, -0.15) is 0 Å². The Bertz CT molecular complexity index is 611. The van der Waals surface area contributed by atoms with Crippen LogP contribution in [0.3, 0.4) is 0 Å². The molecule has 0 aromatic heterocycles. The molecule has 1 amide bonds. The number of aryl methyl sites for hydroxylation is 1. The summed E-state index contributed by atoms with van der Waals surface area (Å²) in [4.78, 5) is 23.3. The van der Waals surface area contributed by atoms with Crippen LogP contribution in [-0.4, -0.2) is 23.0 Å². The highest BCUT2D eigenvalue weighted by Crippen LogP contribution is 2.06. The molecule has 114 valence electrons. The van der Waals surface area contributed by atoms with E-state index in [1.165, 1.54) is 0 Å². The SMILES string of the molecule is O=C(Cc1ccccc1)N[C@@H](CCc1ccccc1)C(=O)O. The van der Waals surface area contributed by atoms with Crippen molar-refractivity contribution >= 4 is 11.9 Å². The molecule has 2 aromatic carbocycles. The minimum absolute atomic E-state index is 0.190. The molecule has 0 aliphatic carbocycles. The van der Waals surface area contributed by atoms with Crippen LogP contribution in [-0.2, 0) is 22.4 Å². The van der Waals surface area contributed by atoms with E-state index in [-0.39, 0.29) is 12.3 Å². The van der Waals surface area contributed by atoms with Gasteiger partial charge in [-0.25, -0.2) is 4.79 Å². The lowest BCUT2D eigenvalue weighted by Crippen LogP contribution is -2.41. The molecule has 4 nitrogen and oxygen atoms in total. The third-order valence-electron chi connectivity index (χ3n) is 3.41. The van der Waals surface area contributed by atoms with Gasteiger partial charge in [-0.15, -0.1) is 0 Å². The maximum atomic E-state index is 12.0. The van der Waals surface area contributed by atoms with E-state index in [1.54, 1.807) is 0 Å². The Kier molecular flexibility index (Phi) is 5.72. The number of benzene rings is 2. The van der Waals surface area contributed by atoms with Crippen molar-refractivity contribution in [2.75, 3.05) is 0 Å². The number of rotatable bonds is 7. The molecule has 0 aliphatic rings. The van der Waals surface area contributed by atoms with E-state index in [0.717, 1.165) is 11.1 Å². The Morgan fingerprint density at radius 2 is 1.45 bits per heavy atom. The summed E-state index contributed by atoms with van der Waals surface area (Å²) in [5.74, 6) is -1.27. The quantitative estimate of drug-likeness (QED) is 0.825. The van der Waals surface area contributed by atoms with Crippen LogP contribution in [0.5, 0.6) is 0 Å². The molecule has 4 heteroatoms. The molecule has 0 saturated carbocycles. The largest absolute Gasteiger partial charge is 0.480 e. The van der Waals surface area contributed by atoms with Gasteiger partial charge in [0, 0.05) is 0 Å². The number of aliphatic carboxylic acids is 1. The molecule has 0 unspecified atom stereocenters. The Hall–Kier alpha value is -2.62. The molecule has 2 N–H and O–H groups in total. The molecule has 0 bridgehead atoms. The van der Waals surface area contributed by atoms with Gasteiger partial charge in [0.25, 0.3) is 0 Å². The van der Waals surface area contributed by atoms with Crippen LogP contribution in [0, 0.1) is 0 Å². The second-order valence-electron chi connectivity index (χ2n) is 5.14. The van der Waals surface area contributed by atoms with Gasteiger partial charge in [-0.05, 0) is 24.0 Å². The zero-order chi connectivity index (χ0) is 15.8. The van der Waals surface area contributed by atoms with Gasteiger partial charge in [0.05, 0.1) is 6.42 Å². The van der Waals surface area contributed by atoms with Crippen LogP contribution in [0.2, 0.25) is 0 Å². The van der Waals surface area contributed by atoms with E-state index in [9.17, 15) is 14.7 Å². The molecule has 0 heterocycles. The van der Waals surface area contributed by atoms with E-state index < -0.39 is 12.0 Å². The van der Waals surface area contributed by atoms with Crippen molar-refractivity contribution in [1.29, 1.82) is 0 Å². The lowest BCUT2D eigenvalue weighted by Gasteiger charge is -2.14.